The van der Waals surface area contributed by atoms with Crippen molar-refractivity contribution in [3.8, 4) is 5.75 Å². The number of hydrogen-bond acceptors (Lipinski definition) is 3. The maximum Gasteiger partial charge on any atom is 0.261 e. The Hall–Kier alpha value is -3.19. The van der Waals surface area contributed by atoms with Gasteiger partial charge in [0.1, 0.15) is 17.6 Å². The SMILES string of the molecule is CC[C@@H](C)NC(=O)[C@H](Cc1ccccc1)N(Cc1ccc(F)cc1)C(=O)COc1cc(C)c(Br)c(C)c1. The van der Waals surface area contributed by atoms with E-state index < -0.39 is 6.04 Å². The molecule has 196 valence electrons. The number of nitrogens with one attached hydrogen (secondary N) is 1. The zero-order valence-electron chi connectivity index (χ0n) is 21.8. The number of benzene rings is 3. The van der Waals surface area contributed by atoms with Gasteiger partial charge in [-0.15, -0.1) is 0 Å². The fraction of sp³-hybridized carbons (Fsp3) is 0.333. The summed E-state index contributed by atoms with van der Waals surface area (Å²) in [4.78, 5) is 28.7. The van der Waals surface area contributed by atoms with E-state index in [2.05, 4.69) is 21.2 Å². The van der Waals surface area contributed by atoms with Crippen molar-refractivity contribution in [1.82, 2.24) is 10.2 Å². The molecule has 3 aromatic rings. The van der Waals surface area contributed by atoms with Gasteiger partial charge < -0.3 is 15.0 Å². The van der Waals surface area contributed by atoms with Gasteiger partial charge in [0.2, 0.25) is 5.91 Å². The van der Waals surface area contributed by atoms with Crippen molar-refractivity contribution in [1.29, 1.82) is 0 Å². The maximum atomic E-state index is 13.7. The molecule has 0 saturated carbocycles. The van der Waals surface area contributed by atoms with Crippen LogP contribution in [0.15, 0.2) is 71.2 Å². The molecule has 0 bridgehead atoms. The molecule has 1 N–H and O–H groups in total. The Balaban J connectivity index is 1.92. The zero-order chi connectivity index (χ0) is 26.9. The molecule has 0 unspecified atom stereocenters. The van der Waals surface area contributed by atoms with E-state index in [4.69, 9.17) is 4.74 Å². The molecule has 2 atom stereocenters. The third-order valence-electron chi connectivity index (χ3n) is 6.31. The highest BCUT2D eigenvalue weighted by Crippen LogP contribution is 2.26. The van der Waals surface area contributed by atoms with Gasteiger partial charge in [-0.3, -0.25) is 9.59 Å². The van der Waals surface area contributed by atoms with E-state index in [-0.39, 0.29) is 36.8 Å². The number of nitrogens with zero attached hydrogens (tertiary/aromatic N) is 1. The molecule has 0 fully saturated rings. The normalized spacial score (nSPS) is 12.5. The molecule has 37 heavy (non-hydrogen) atoms. The number of aryl methyl sites for hydroxylation is 2. The third-order valence-corrected chi connectivity index (χ3v) is 7.56. The van der Waals surface area contributed by atoms with Crippen molar-refractivity contribution in [2.24, 2.45) is 0 Å². The van der Waals surface area contributed by atoms with Crippen LogP contribution >= 0.6 is 15.9 Å². The van der Waals surface area contributed by atoms with Gasteiger partial charge in [0.25, 0.3) is 5.91 Å². The summed E-state index contributed by atoms with van der Waals surface area (Å²) in [5.41, 5.74) is 3.66. The Morgan fingerprint density at radius 2 is 1.62 bits per heavy atom. The molecule has 3 rings (SSSR count). The van der Waals surface area contributed by atoms with E-state index >= 15 is 0 Å². The molecule has 0 spiro atoms. The van der Waals surface area contributed by atoms with Crippen LogP contribution in [0.4, 0.5) is 4.39 Å². The van der Waals surface area contributed by atoms with Crippen LogP contribution in [0, 0.1) is 19.7 Å². The Morgan fingerprint density at radius 1 is 1.00 bits per heavy atom. The average Bonchev–Trinajstić information content (AvgIpc) is 2.89. The molecule has 7 heteroatoms. The lowest BCUT2D eigenvalue weighted by molar-refractivity contribution is -0.143. The number of amides is 2. The summed E-state index contributed by atoms with van der Waals surface area (Å²) in [5, 5.41) is 3.04. The van der Waals surface area contributed by atoms with Crippen molar-refractivity contribution in [2.75, 3.05) is 6.61 Å². The summed E-state index contributed by atoms with van der Waals surface area (Å²) in [6.45, 7) is 7.76. The summed E-state index contributed by atoms with van der Waals surface area (Å²) in [5.74, 6) is -0.343. The number of hydrogen-bond donors (Lipinski definition) is 1. The van der Waals surface area contributed by atoms with E-state index in [1.807, 2.05) is 70.2 Å². The third kappa shape index (κ3) is 8.15. The first-order valence-electron chi connectivity index (χ1n) is 12.5. The van der Waals surface area contributed by atoms with E-state index in [1.165, 1.54) is 17.0 Å². The van der Waals surface area contributed by atoms with E-state index in [1.54, 1.807) is 12.1 Å². The Kier molecular flexibility index (Phi) is 10.3. The van der Waals surface area contributed by atoms with E-state index in [0.29, 0.717) is 12.2 Å². The van der Waals surface area contributed by atoms with Gasteiger partial charge in [-0.1, -0.05) is 65.3 Å². The zero-order valence-corrected chi connectivity index (χ0v) is 23.3. The van der Waals surface area contributed by atoms with Gasteiger partial charge >= 0.3 is 0 Å². The minimum Gasteiger partial charge on any atom is -0.484 e. The van der Waals surface area contributed by atoms with Crippen molar-refractivity contribution < 1.29 is 18.7 Å². The summed E-state index contributed by atoms with van der Waals surface area (Å²) < 4.78 is 20.5. The maximum absolute atomic E-state index is 13.7. The minimum atomic E-state index is -0.772. The number of rotatable bonds is 11. The summed E-state index contributed by atoms with van der Waals surface area (Å²) in [6.07, 6.45) is 1.10. The van der Waals surface area contributed by atoms with Gasteiger partial charge in [0, 0.05) is 23.5 Å². The summed E-state index contributed by atoms with van der Waals surface area (Å²) >= 11 is 3.55. The fourth-order valence-electron chi connectivity index (χ4n) is 4.00. The lowest BCUT2D eigenvalue weighted by atomic mass is 10.0. The van der Waals surface area contributed by atoms with Gasteiger partial charge in [0.15, 0.2) is 6.61 Å². The molecule has 0 heterocycles. The van der Waals surface area contributed by atoms with Gasteiger partial charge in [0.05, 0.1) is 0 Å². The number of halogens is 2. The Bertz CT molecular complexity index is 1180. The molecular weight excluding hydrogens is 535 g/mol. The Morgan fingerprint density at radius 3 is 2.22 bits per heavy atom. The quantitative estimate of drug-likeness (QED) is 0.302. The van der Waals surface area contributed by atoms with Crippen molar-refractivity contribution in [3.05, 3.63) is 99.3 Å². The van der Waals surface area contributed by atoms with Crippen molar-refractivity contribution in [2.45, 2.75) is 59.2 Å². The highest BCUT2D eigenvalue weighted by molar-refractivity contribution is 9.10. The van der Waals surface area contributed by atoms with Crippen LogP contribution in [0.2, 0.25) is 0 Å². The molecule has 0 aliphatic rings. The first-order valence-corrected chi connectivity index (χ1v) is 13.2. The highest BCUT2D eigenvalue weighted by Gasteiger charge is 2.31. The fourth-order valence-corrected chi connectivity index (χ4v) is 4.23. The van der Waals surface area contributed by atoms with Crippen LogP contribution in [-0.2, 0) is 22.6 Å². The van der Waals surface area contributed by atoms with Crippen LogP contribution in [0.1, 0.15) is 42.5 Å². The van der Waals surface area contributed by atoms with Gasteiger partial charge in [-0.05, 0) is 73.7 Å². The smallest absolute Gasteiger partial charge is 0.261 e. The topological polar surface area (TPSA) is 58.6 Å². The molecule has 2 amide bonds. The molecule has 3 aromatic carbocycles. The Labute approximate surface area is 227 Å². The van der Waals surface area contributed by atoms with Crippen LogP contribution in [0.5, 0.6) is 5.75 Å². The molecule has 0 aromatic heterocycles. The molecule has 0 saturated heterocycles. The lowest BCUT2D eigenvalue weighted by Crippen LogP contribution is -2.53. The summed E-state index contributed by atoms with van der Waals surface area (Å²) in [6, 6.07) is 18.5. The second-order valence-corrected chi connectivity index (χ2v) is 10.1. The molecular formula is C30H34BrFN2O3. The molecule has 0 radical (unpaired) electrons. The predicted octanol–water partition coefficient (Wildman–Crippen LogP) is 6.14. The van der Waals surface area contributed by atoms with Crippen LogP contribution in [0.3, 0.4) is 0 Å². The first-order chi connectivity index (χ1) is 17.7. The highest BCUT2D eigenvalue weighted by atomic mass is 79.9. The number of carbonyl (C=O) groups is 2. The van der Waals surface area contributed by atoms with Gasteiger partial charge in [-0.2, -0.15) is 0 Å². The first kappa shape index (κ1) is 28.4. The van der Waals surface area contributed by atoms with Gasteiger partial charge in [-0.25, -0.2) is 4.39 Å². The van der Waals surface area contributed by atoms with Crippen LogP contribution in [0.25, 0.3) is 0 Å². The molecule has 5 nitrogen and oxygen atoms in total. The van der Waals surface area contributed by atoms with E-state index in [0.717, 1.165) is 33.1 Å². The van der Waals surface area contributed by atoms with Crippen LogP contribution < -0.4 is 10.1 Å². The molecule has 0 aliphatic carbocycles. The second kappa shape index (κ2) is 13.4. The van der Waals surface area contributed by atoms with Crippen LogP contribution in [-0.4, -0.2) is 35.4 Å². The average molecular weight is 570 g/mol. The lowest BCUT2D eigenvalue weighted by Gasteiger charge is -2.32. The monoisotopic (exact) mass is 568 g/mol. The number of carbonyl (C=O) groups excluding carboxylic acids is 2. The van der Waals surface area contributed by atoms with Crippen molar-refractivity contribution in [3.63, 3.8) is 0 Å². The predicted molar refractivity (Wildman–Crippen MR) is 148 cm³/mol. The largest absolute Gasteiger partial charge is 0.484 e. The number of ether oxygens (including phenoxy) is 1. The van der Waals surface area contributed by atoms with E-state index in [9.17, 15) is 14.0 Å². The van der Waals surface area contributed by atoms with Crippen molar-refractivity contribution >= 4 is 27.7 Å². The standard InChI is InChI=1S/C30H34BrFN2O3/c1-5-22(4)33-30(36)27(17-23-9-7-6-8-10-23)34(18-24-11-13-25(32)14-12-24)28(35)19-37-26-15-20(2)29(31)21(3)16-26/h6-16,22,27H,5,17-19H2,1-4H3,(H,33,36)/t22-,27+/m1/s1. The molecule has 0 aliphatic heterocycles. The summed E-state index contributed by atoms with van der Waals surface area (Å²) in [7, 11) is 0. The minimum absolute atomic E-state index is 0.0430. The second-order valence-electron chi connectivity index (χ2n) is 9.33.